The lowest BCUT2D eigenvalue weighted by Crippen LogP contribution is -2.35. The summed E-state index contributed by atoms with van der Waals surface area (Å²) in [6, 6.07) is 7.58. The van der Waals surface area contributed by atoms with Crippen molar-refractivity contribution in [3.8, 4) is 5.75 Å². The highest BCUT2D eigenvalue weighted by Crippen LogP contribution is 2.36. The van der Waals surface area contributed by atoms with Gasteiger partial charge in [0.2, 0.25) is 5.91 Å². The van der Waals surface area contributed by atoms with Crippen LogP contribution in [-0.2, 0) is 4.79 Å². The van der Waals surface area contributed by atoms with Gasteiger partial charge in [0.15, 0.2) is 0 Å². The average Bonchev–Trinajstić information content (AvgIpc) is 2.42. The molecule has 1 amide bonds. The number of hydrogen-bond acceptors (Lipinski definition) is 2. The lowest BCUT2D eigenvalue weighted by Gasteiger charge is -2.32. The third kappa shape index (κ3) is 3.49. The number of rotatable bonds is 4. The van der Waals surface area contributed by atoms with Crippen LogP contribution in [-0.4, -0.2) is 12.5 Å². The van der Waals surface area contributed by atoms with Gasteiger partial charge in [-0.3, -0.25) is 4.79 Å². The summed E-state index contributed by atoms with van der Waals surface area (Å²) in [4.78, 5) is 12.4. The highest BCUT2D eigenvalue weighted by Gasteiger charge is 2.34. The molecule has 1 aliphatic carbocycles. The van der Waals surface area contributed by atoms with Gasteiger partial charge >= 0.3 is 0 Å². The molecule has 104 valence electrons. The molecule has 0 atom stereocenters. The van der Waals surface area contributed by atoms with E-state index in [2.05, 4.69) is 12.2 Å². The van der Waals surface area contributed by atoms with Crippen LogP contribution >= 0.6 is 0 Å². The lowest BCUT2D eigenvalue weighted by atomic mass is 9.75. The minimum absolute atomic E-state index is 0.149. The highest BCUT2D eigenvalue weighted by atomic mass is 16.5. The van der Waals surface area contributed by atoms with Gasteiger partial charge in [-0.25, -0.2) is 0 Å². The molecule has 0 aliphatic heterocycles. The fraction of sp³-hybridized carbons (Fsp3) is 0.562. The molecule has 0 unspecified atom stereocenters. The SMILES string of the molecule is CCOc1ccc(NC(=O)C2(C)CCCCC2)cc1. The van der Waals surface area contributed by atoms with Crippen molar-refractivity contribution in [3.05, 3.63) is 24.3 Å². The average molecular weight is 261 g/mol. The topological polar surface area (TPSA) is 38.3 Å². The minimum atomic E-state index is -0.198. The van der Waals surface area contributed by atoms with Crippen LogP contribution in [0.5, 0.6) is 5.75 Å². The monoisotopic (exact) mass is 261 g/mol. The second kappa shape index (κ2) is 6.09. The molecule has 19 heavy (non-hydrogen) atoms. The van der Waals surface area contributed by atoms with Crippen molar-refractivity contribution < 1.29 is 9.53 Å². The van der Waals surface area contributed by atoms with E-state index >= 15 is 0 Å². The van der Waals surface area contributed by atoms with Gasteiger partial charge in [-0.05, 0) is 44.0 Å². The molecule has 0 heterocycles. The zero-order valence-corrected chi connectivity index (χ0v) is 11.9. The summed E-state index contributed by atoms with van der Waals surface area (Å²) in [6.07, 6.45) is 5.57. The summed E-state index contributed by atoms with van der Waals surface area (Å²) in [7, 11) is 0. The van der Waals surface area contributed by atoms with Crippen molar-refractivity contribution in [1.29, 1.82) is 0 Å². The second-order valence-electron chi connectivity index (χ2n) is 5.53. The number of nitrogens with one attached hydrogen (secondary N) is 1. The van der Waals surface area contributed by atoms with Crippen molar-refractivity contribution in [3.63, 3.8) is 0 Å². The third-order valence-electron chi connectivity index (χ3n) is 3.93. The van der Waals surface area contributed by atoms with Crippen LogP contribution in [0.2, 0.25) is 0 Å². The Hall–Kier alpha value is -1.51. The van der Waals surface area contributed by atoms with Gasteiger partial charge in [0.05, 0.1) is 6.61 Å². The molecule has 3 heteroatoms. The number of amides is 1. The van der Waals surface area contributed by atoms with Gasteiger partial charge in [-0.1, -0.05) is 26.2 Å². The third-order valence-corrected chi connectivity index (χ3v) is 3.93. The summed E-state index contributed by atoms with van der Waals surface area (Å²) in [6.45, 7) is 4.69. The molecular weight excluding hydrogens is 238 g/mol. The Morgan fingerprint density at radius 1 is 1.21 bits per heavy atom. The van der Waals surface area contributed by atoms with Crippen molar-refractivity contribution in [2.75, 3.05) is 11.9 Å². The Kier molecular flexibility index (Phi) is 4.46. The van der Waals surface area contributed by atoms with Gasteiger partial charge in [-0.2, -0.15) is 0 Å². The summed E-state index contributed by atoms with van der Waals surface area (Å²) in [5.74, 6) is 0.987. The molecule has 3 nitrogen and oxygen atoms in total. The number of carbonyl (C=O) groups is 1. The van der Waals surface area contributed by atoms with E-state index in [4.69, 9.17) is 4.74 Å². The van der Waals surface area contributed by atoms with Crippen LogP contribution in [0.3, 0.4) is 0 Å². The molecule has 0 aromatic heterocycles. The minimum Gasteiger partial charge on any atom is -0.494 e. The molecule has 0 bridgehead atoms. The Balaban J connectivity index is 1.98. The van der Waals surface area contributed by atoms with Crippen molar-refractivity contribution >= 4 is 11.6 Å². The van der Waals surface area contributed by atoms with Crippen LogP contribution in [0.15, 0.2) is 24.3 Å². The molecule has 1 N–H and O–H groups in total. The van der Waals surface area contributed by atoms with Crippen molar-refractivity contribution in [2.45, 2.75) is 46.0 Å². The maximum Gasteiger partial charge on any atom is 0.230 e. The van der Waals surface area contributed by atoms with Gasteiger partial charge in [0, 0.05) is 11.1 Å². The van der Waals surface area contributed by atoms with E-state index in [-0.39, 0.29) is 11.3 Å². The largest absolute Gasteiger partial charge is 0.494 e. The van der Waals surface area contributed by atoms with E-state index in [1.54, 1.807) is 0 Å². The van der Waals surface area contributed by atoms with Crippen molar-refractivity contribution in [2.24, 2.45) is 5.41 Å². The standard InChI is InChI=1S/C16H23NO2/c1-3-19-14-9-7-13(8-10-14)17-15(18)16(2)11-5-4-6-12-16/h7-10H,3-6,11-12H2,1-2H3,(H,17,18). The molecule has 1 aromatic carbocycles. The van der Waals surface area contributed by atoms with Gasteiger partial charge in [0.1, 0.15) is 5.75 Å². The Morgan fingerprint density at radius 2 is 1.84 bits per heavy atom. The van der Waals surface area contributed by atoms with Crippen LogP contribution < -0.4 is 10.1 Å². The van der Waals surface area contributed by atoms with E-state index in [0.29, 0.717) is 6.61 Å². The number of hydrogen-bond donors (Lipinski definition) is 1. The molecule has 1 fully saturated rings. The predicted molar refractivity (Wildman–Crippen MR) is 77.4 cm³/mol. The number of benzene rings is 1. The first kappa shape index (κ1) is 13.9. The smallest absolute Gasteiger partial charge is 0.230 e. The zero-order valence-electron chi connectivity index (χ0n) is 11.9. The summed E-state index contributed by atoms with van der Waals surface area (Å²) >= 11 is 0. The molecule has 0 spiro atoms. The van der Waals surface area contributed by atoms with E-state index in [9.17, 15) is 4.79 Å². The first-order valence-corrected chi connectivity index (χ1v) is 7.18. The van der Waals surface area contributed by atoms with Gasteiger partial charge < -0.3 is 10.1 Å². The maximum absolute atomic E-state index is 12.4. The van der Waals surface area contributed by atoms with Crippen LogP contribution in [0, 0.1) is 5.41 Å². The summed E-state index contributed by atoms with van der Waals surface area (Å²) < 4.78 is 5.39. The van der Waals surface area contributed by atoms with E-state index < -0.39 is 0 Å². The van der Waals surface area contributed by atoms with Crippen LogP contribution in [0.4, 0.5) is 5.69 Å². The molecule has 1 aliphatic rings. The summed E-state index contributed by atoms with van der Waals surface area (Å²) in [5.41, 5.74) is 0.650. The molecule has 0 radical (unpaired) electrons. The quantitative estimate of drug-likeness (QED) is 0.889. The molecule has 0 saturated heterocycles. The van der Waals surface area contributed by atoms with E-state index in [0.717, 1.165) is 37.1 Å². The Bertz CT molecular complexity index is 419. The number of anilines is 1. The zero-order chi connectivity index (χ0) is 13.7. The maximum atomic E-state index is 12.4. The predicted octanol–water partition coefficient (Wildman–Crippen LogP) is 3.99. The van der Waals surface area contributed by atoms with Crippen LogP contribution in [0.25, 0.3) is 0 Å². The van der Waals surface area contributed by atoms with Crippen LogP contribution in [0.1, 0.15) is 46.0 Å². The Morgan fingerprint density at radius 3 is 2.42 bits per heavy atom. The summed E-state index contributed by atoms with van der Waals surface area (Å²) in [5, 5.41) is 3.03. The number of ether oxygens (including phenoxy) is 1. The van der Waals surface area contributed by atoms with E-state index in [1.807, 2.05) is 31.2 Å². The van der Waals surface area contributed by atoms with Gasteiger partial charge in [0.25, 0.3) is 0 Å². The second-order valence-corrected chi connectivity index (χ2v) is 5.53. The molecular formula is C16H23NO2. The Labute approximate surface area is 115 Å². The first-order valence-electron chi connectivity index (χ1n) is 7.18. The lowest BCUT2D eigenvalue weighted by molar-refractivity contribution is -0.126. The molecule has 1 aromatic rings. The first-order chi connectivity index (χ1) is 9.14. The fourth-order valence-corrected chi connectivity index (χ4v) is 2.64. The van der Waals surface area contributed by atoms with Crippen molar-refractivity contribution in [1.82, 2.24) is 0 Å². The number of carbonyl (C=O) groups excluding carboxylic acids is 1. The van der Waals surface area contributed by atoms with E-state index in [1.165, 1.54) is 6.42 Å². The van der Waals surface area contributed by atoms with Gasteiger partial charge in [-0.15, -0.1) is 0 Å². The highest BCUT2D eigenvalue weighted by molar-refractivity contribution is 5.95. The normalized spacial score (nSPS) is 17.8. The molecule has 1 saturated carbocycles. The fourth-order valence-electron chi connectivity index (χ4n) is 2.64. The molecule has 2 rings (SSSR count).